The summed E-state index contributed by atoms with van der Waals surface area (Å²) >= 11 is 0. The maximum absolute atomic E-state index is 12.6. The van der Waals surface area contributed by atoms with Crippen LogP contribution in [0.2, 0.25) is 0 Å². The van der Waals surface area contributed by atoms with Crippen molar-refractivity contribution in [2.24, 2.45) is 0 Å². The third-order valence-corrected chi connectivity index (χ3v) is 7.89. The topological polar surface area (TPSA) is 35.5 Å². The Hall–Kier alpha value is -2.33. The van der Waals surface area contributed by atoms with Crippen molar-refractivity contribution >= 4 is 5.97 Å². The Labute approximate surface area is 252 Å². The predicted molar refractivity (Wildman–Crippen MR) is 173 cm³/mol. The molecule has 0 amide bonds. The fourth-order valence-electron chi connectivity index (χ4n) is 5.45. The van der Waals surface area contributed by atoms with Crippen LogP contribution in [0.1, 0.15) is 128 Å². The molecule has 0 heterocycles. The van der Waals surface area contributed by atoms with Crippen LogP contribution < -0.4 is 4.74 Å². The number of hydrogen-bond donors (Lipinski definition) is 0. The van der Waals surface area contributed by atoms with Crippen LogP contribution >= 0.6 is 0 Å². The van der Waals surface area contributed by atoms with E-state index in [1.807, 2.05) is 18.2 Å². The number of quaternary nitrogens is 1. The molecule has 0 radical (unpaired) electrons. The number of unbranched alkanes of at least 4 members (excludes halogenated alkanes) is 11. The molecular weight excluding hydrogens is 506 g/mol. The molecule has 0 aromatic heterocycles. The zero-order chi connectivity index (χ0) is 29.6. The second-order valence-electron chi connectivity index (χ2n) is 12.5. The summed E-state index contributed by atoms with van der Waals surface area (Å²) in [6.45, 7) is 6.24. The Morgan fingerprint density at radius 2 is 1.27 bits per heavy atom. The van der Waals surface area contributed by atoms with Crippen LogP contribution in [0.5, 0.6) is 5.75 Å². The molecule has 0 N–H and O–H groups in total. The second-order valence-corrected chi connectivity index (χ2v) is 12.5. The summed E-state index contributed by atoms with van der Waals surface area (Å²) in [5.74, 6) is 0.599. The molecule has 0 fully saturated rings. The average molecular weight is 567 g/mol. The highest BCUT2D eigenvalue weighted by Crippen LogP contribution is 2.19. The zero-order valence-corrected chi connectivity index (χ0v) is 26.9. The van der Waals surface area contributed by atoms with Gasteiger partial charge in [-0.05, 0) is 37.0 Å². The Morgan fingerprint density at radius 3 is 1.85 bits per heavy atom. The number of hydrogen-bond acceptors (Lipinski definition) is 3. The van der Waals surface area contributed by atoms with E-state index in [4.69, 9.17) is 9.47 Å². The van der Waals surface area contributed by atoms with Gasteiger partial charge >= 0.3 is 5.97 Å². The third kappa shape index (κ3) is 17.3. The molecular formula is C37H60NO3+. The standard InChI is InChI=1S/C37H60NO3/c1-5-7-8-9-10-11-12-13-14-15-16-18-23-33-27-29-35(30-28-33)40-37(22-6-2)41-36(39)26-21-31-38(3,4)32-34-24-19-17-20-25-34/h17,19-20,24-25,27-30,37H,5-16,18,21-23,26,31-32H2,1-4H3/q+1. The third-order valence-electron chi connectivity index (χ3n) is 7.89. The predicted octanol–water partition coefficient (Wildman–Crippen LogP) is 10.0. The highest BCUT2D eigenvalue weighted by atomic mass is 16.7. The molecule has 0 saturated heterocycles. The number of carbonyl (C=O) groups is 1. The number of esters is 1. The van der Waals surface area contributed by atoms with Crippen LogP contribution in [0, 0.1) is 0 Å². The van der Waals surface area contributed by atoms with Crippen LogP contribution in [-0.2, 0) is 22.5 Å². The van der Waals surface area contributed by atoms with E-state index >= 15 is 0 Å². The smallest absolute Gasteiger partial charge is 0.309 e. The van der Waals surface area contributed by atoms with E-state index < -0.39 is 6.29 Å². The van der Waals surface area contributed by atoms with E-state index in [1.165, 1.54) is 88.2 Å². The first-order valence-electron chi connectivity index (χ1n) is 16.7. The lowest BCUT2D eigenvalue weighted by Gasteiger charge is -2.30. The number of rotatable bonds is 24. The first kappa shape index (κ1) is 34.9. The van der Waals surface area contributed by atoms with E-state index in [-0.39, 0.29) is 5.97 Å². The first-order valence-corrected chi connectivity index (χ1v) is 16.7. The van der Waals surface area contributed by atoms with Gasteiger partial charge in [-0.15, -0.1) is 0 Å². The maximum atomic E-state index is 12.6. The van der Waals surface area contributed by atoms with Crippen LogP contribution in [0.25, 0.3) is 0 Å². The van der Waals surface area contributed by atoms with Gasteiger partial charge in [0.1, 0.15) is 12.3 Å². The Bertz CT molecular complexity index is 910. The summed E-state index contributed by atoms with van der Waals surface area (Å²) in [5, 5.41) is 0. The van der Waals surface area contributed by atoms with Gasteiger partial charge in [-0.25, -0.2) is 0 Å². The fraction of sp³-hybridized carbons (Fsp3) is 0.649. The van der Waals surface area contributed by atoms with Gasteiger partial charge in [-0.2, -0.15) is 0 Å². The molecule has 0 aliphatic rings. The van der Waals surface area contributed by atoms with E-state index in [1.54, 1.807) is 0 Å². The van der Waals surface area contributed by atoms with Gasteiger partial charge in [0.2, 0.25) is 6.29 Å². The van der Waals surface area contributed by atoms with Crippen LogP contribution in [-0.4, -0.2) is 37.4 Å². The molecule has 0 spiro atoms. The van der Waals surface area contributed by atoms with Crippen molar-refractivity contribution < 1.29 is 18.8 Å². The van der Waals surface area contributed by atoms with Crippen molar-refractivity contribution in [1.82, 2.24) is 0 Å². The lowest BCUT2D eigenvalue weighted by Crippen LogP contribution is -2.39. The van der Waals surface area contributed by atoms with Gasteiger partial charge in [0.25, 0.3) is 0 Å². The average Bonchev–Trinajstić information content (AvgIpc) is 2.95. The highest BCUT2D eigenvalue weighted by molar-refractivity contribution is 5.69. The zero-order valence-electron chi connectivity index (χ0n) is 26.9. The van der Waals surface area contributed by atoms with Gasteiger partial charge < -0.3 is 14.0 Å². The first-order chi connectivity index (χ1) is 19.9. The van der Waals surface area contributed by atoms with Gasteiger partial charge in [0, 0.05) is 18.4 Å². The molecule has 0 bridgehead atoms. The minimum atomic E-state index is -0.526. The monoisotopic (exact) mass is 566 g/mol. The number of benzene rings is 2. The van der Waals surface area contributed by atoms with Crippen molar-refractivity contribution in [3.05, 3.63) is 65.7 Å². The summed E-state index contributed by atoms with van der Waals surface area (Å²) in [6.07, 6.45) is 19.9. The summed E-state index contributed by atoms with van der Waals surface area (Å²) in [6, 6.07) is 18.9. The Kier molecular flexibility index (Phi) is 18.2. The van der Waals surface area contributed by atoms with E-state index in [0.717, 1.165) is 42.6 Å². The molecule has 4 nitrogen and oxygen atoms in total. The van der Waals surface area contributed by atoms with E-state index in [0.29, 0.717) is 12.8 Å². The van der Waals surface area contributed by atoms with Crippen molar-refractivity contribution in [1.29, 1.82) is 0 Å². The highest BCUT2D eigenvalue weighted by Gasteiger charge is 2.19. The van der Waals surface area contributed by atoms with Gasteiger partial charge in [0.05, 0.1) is 27.1 Å². The van der Waals surface area contributed by atoms with Gasteiger partial charge in [0.15, 0.2) is 0 Å². The lowest BCUT2D eigenvalue weighted by molar-refractivity contribution is -0.903. The minimum Gasteiger partial charge on any atom is -0.455 e. The van der Waals surface area contributed by atoms with Crippen molar-refractivity contribution in [2.45, 2.75) is 136 Å². The normalized spacial score (nSPS) is 12.3. The van der Waals surface area contributed by atoms with Crippen LogP contribution in [0.15, 0.2) is 54.6 Å². The van der Waals surface area contributed by atoms with Crippen molar-refractivity contribution in [2.75, 3.05) is 20.6 Å². The van der Waals surface area contributed by atoms with Crippen molar-refractivity contribution in [3.63, 3.8) is 0 Å². The molecule has 41 heavy (non-hydrogen) atoms. The number of nitrogens with zero attached hydrogens (tertiary/aromatic N) is 1. The molecule has 2 rings (SSSR count). The number of carbonyl (C=O) groups excluding carboxylic acids is 1. The van der Waals surface area contributed by atoms with Crippen molar-refractivity contribution in [3.8, 4) is 5.75 Å². The molecule has 230 valence electrons. The molecule has 0 aliphatic carbocycles. The molecule has 1 unspecified atom stereocenters. The second kappa shape index (κ2) is 21.4. The molecule has 1 atom stereocenters. The van der Waals surface area contributed by atoms with Crippen LogP contribution in [0.4, 0.5) is 0 Å². The molecule has 2 aromatic rings. The van der Waals surface area contributed by atoms with Crippen LogP contribution in [0.3, 0.4) is 0 Å². The van der Waals surface area contributed by atoms with E-state index in [9.17, 15) is 4.79 Å². The summed E-state index contributed by atoms with van der Waals surface area (Å²) in [4.78, 5) is 12.6. The lowest BCUT2D eigenvalue weighted by atomic mass is 10.0. The SMILES string of the molecule is CCCCCCCCCCCCCCc1ccc(OC(CCC)OC(=O)CCC[N+](C)(C)Cc2ccccc2)cc1. The summed E-state index contributed by atoms with van der Waals surface area (Å²) < 4.78 is 12.7. The summed E-state index contributed by atoms with van der Waals surface area (Å²) in [7, 11) is 4.42. The van der Waals surface area contributed by atoms with E-state index in [2.05, 4.69) is 64.3 Å². The fourth-order valence-corrected chi connectivity index (χ4v) is 5.45. The molecule has 2 aromatic carbocycles. The number of ether oxygens (including phenoxy) is 2. The maximum Gasteiger partial charge on any atom is 0.309 e. The molecule has 4 heteroatoms. The Morgan fingerprint density at radius 1 is 0.683 bits per heavy atom. The minimum absolute atomic E-state index is 0.174. The Balaban J connectivity index is 1.60. The molecule has 0 aliphatic heterocycles. The quantitative estimate of drug-likeness (QED) is 0.0549. The van der Waals surface area contributed by atoms with Gasteiger partial charge in [-0.3, -0.25) is 4.79 Å². The summed E-state index contributed by atoms with van der Waals surface area (Å²) in [5.41, 5.74) is 2.67. The largest absolute Gasteiger partial charge is 0.455 e. The van der Waals surface area contributed by atoms with Gasteiger partial charge in [-0.1, -0.05) is 127 Å². The molecule has 0 saturated carbocycles. The number of aryl methyl sites for hydroxylation is 1.